The van der Waals surface area contributed by atoms with Crippen LogP contribution >= 0.6 is 0 Å². The molecule has 1 N–H and O–H groups in total. The number of piperidine rings is 1. The first kappa shape index (κ1) is 17.3. The summed E-state index contributed by atoms with van der Waals surface area (Å²) in [5.74, 6) is 0.630. The fourth-order valence-electron chi connectivity index (χ4n) is 3.23. The van der Waals surface area contributed by atoms with Crippen molar-refractivity contribution < 1.29 is 9.90 Å². The first-order valence-electron chi connectivity index (χ1n) is 8.50. The number of imidazole rings is 1. The monoisotopic (exact) mass is 344 g/mol. The van der Waals surface area contributed by atoms with Gasteiger partial charge in [0.25, 0.3) is 0 Å². The van der Waals surface area contributed by atoms with E-state index in [9.17, 15) is 9.90 Å². The highest BCUT2D eigenvalue weighted by atomic mass is 16.3. The Labute approximate surface area is 147 Å². The van der Waals surface area contributed by atoms with E-state index in [0.717, 1.165) is 13.0 Å². The lowest BCUT2D eigenvalue weighted by molar-refractivity contribution is -0.133. The molecule has 0 bridgehead atoms. The van der Waals surface area contributed by atoms with Crippen molar-refractivity contribution in [3.63, 3.8) is 0 Å². The maximum absolute atomic E-state index is 12.3. The summed E-state index contributed by atoms with van der Waals surface area (Å²) in [6.45, 7) is 2.13. The smallest absolute Gasteiger partial charge is 0.225 e. The van der Waals surface area contributed by atoms with Crippen LogP contribution in [0.1, 0.15) is 19.3 Å². The average molecular weight is 344 g/mol. The molecule has 1 amide bonds. The molecule has 1 aliphatic heterocycles. The third kappa shape index (κ3) is 4.54. The summed E-state index contributed by atoms with van der Waals surface area (Å²) >= 11 is 0. The Kier molecular flexibility index (Phi) is 5.28. The predicted octanol–water partition coefficient (Wildman–Crippen LogP) is 0.553. The van der Waals surface area contributed by atoms with Gasteiger partial charge in [0.1, 0.15) is 0 Å². The number of aliphatic hydroxyl groups is 1. The van der Waals surface area contributed by atoms with Gasteiger partial charge in [-0.2, -0.15) is 0 Å². The van der Waals surface area contributed by atoms with Gasteiger partial charge >= 0.3 is 0 Å². The number of anilines is 1. The van der Waals surface area contributed by atoms with Gasteiger partial charge in [-0.25, -0.2) is 15.0 Å². The summed E-state index contributed by atoms with van der Waals surface area (Å²) < 4.78 is 1.87. The molecule has 8 heteroatoms. The number of aromatic nitrogens is 4. The van der Waals surface area contributed by atoms with Crippen LogP contribution in [0.5, 0.6) is 0 Å². The van der Waals surface area contributed by atoms with Gasteiger partial charge in [0.15, 0.2) is 0 Å². The highest BCUT2D eigenvalue weighted by molar-refractivity contribution is 5.75. The molecular formula is C17H24N6O2. The van der Waals surface area contributed by atoms with Crippen LogP contribution in [-0.4, -0.2) is 67.7 Å². The van der Waals surface area contributed by atoms with Gasteiger partial charge < -0.3 is 19.5 Å². The quantitative estimate of drug-likeness (QED) is 0.824. The second-order valence-corrected chi connectivity index (χ2v) is 6.60. The normalized spacial score (nSPS) is 20.5. The molecule has 0 saturated carbocycles. The van der Waals surface area contributed by atoms with E-state index in [2.05, 4.69) is 15.0 Å². The van der Waals surface area contributed by atoms with Crippen LogP contribution in [0.15, 0.2) is 37.2 Å². The molecule has 0 aliphatic carbocycles. The summed E-state index contributed by atoms with van der Waals surface area (Å²) in [7, 11) is 1.74. The van der Waals surface area contributed by atoms with Gasteiger partial charge in [0.2, 0.25) is 11.9 Å². The minimum absolute atomic E-state index is 0.00945. The molecule has 3 rings (SSSR count). The van der Waals surface area contributed by atoms with Gasteiger partial charge in [0, 0.05) is 51.3 Å². The zero-order valence-electron chi connectivity index (χ0n) is 14.5. The lowest BCUT2D eigenvalue weighted by atomic mass is 9.92. The van der Waals surface area contributed by atoms with Crippen LogP contribution in [0.25, 0.3) is 0 Å². The first-order chi connectivity index (χ1) is 12.1. The number of nitrogens with zero attached hydrogens (tertiary/aromatic N) is 6. The number of hydrogen-bond acceptors (Lipinski definition) is 6. The third-order valence-corrected chi connectivity index (χ3v) is 4.49. The minimum atomic E-state index is -0.948. The lowest BCUT2D eigenvalue weighted by Gasteiger charge is -2.41. The molecule has 1 atom stereocenters. The number of carbonyl (C=O) groups is 1. The molecule has 0 unspecified atom stereocenters. The Morgan fingerprint density at radius 1 is 1.36 bits per heavy atom. The number of carbonyl (C=O) groups excluding carboxylic acids is 1. The molecule has 2 aromatic rings. The summed E-state index contributed by atoms with van der Waals surface area (Å²) in [5, 5.41) is 11.0. The number of hydrogen-bond donors (Lipinski definition) is 1. The molecule has 0 radical (unpaired) electrons. The maximum atomic E-state index is 12.3. The van der Waals surface area contributed by atoms with E-state index < -0.39 is 5.60 Å². The van der Waals surface area contributed by atoms with Crippen molar-refractivity contribution in [3.8, 4) is 0 Å². The Morgan fingerprint density at radius 3 is 2.88 bits per heavy atom. The van der Waals surface area contributed by atoms with E-state index in [-0.39, 0.29) is 5.91 Å². The molecule has 3 heterocycles. The van der Waals surface area contributed by atoms with Crippen molar-refractivity contribution in [2.75, 3.05) is 31.6 Å². The fourth-order valence-corrected chi connectivity index (χ4v) is 3.23. The summed E-state index contributed by atoms with van der Waals surface area (Å²) in [5.41, 5.74) is -0.948. The van der Waals surface area contributed by atoms with E-state index in [1.807, 2.05) is 15.7 Å². The second kappa shape index (κ2) is 7.60. The van der Waals surface area contributed by atoms with Gasteiger partial charge in [-0.1, -0.05) is 0 Å². The Hall–Kier alpha value is -2.48. The molecule has 134 valence electrons. The minimum Gasteiger partial charge on any atom is -0.386 e. The molecule has 2 aromatic heterocycles. The molecule has 1 fully saturated rings. The van der Waals surface area contributed by atoms with Gasteiger partial charge in [-0.05, 0) is 18.9 Å². The largest absolute Gasteiger partial charge is 0.386 e. The average Bonchev–Trinajstić information content (AvgIpc) is 3.13. The number of amides is 1. The van der Waals surface area contributed by atoms with Crippen molar-refractivity contribution in [1.82, 2.24) is 24.4 Å². The lowest BCUT2D eigenvalue weighted by Crippen LogP contribution is -2.55. The highest BCUT2D eigenvalue weighted by Crippen LogP contribution is 2.24. The van der Waals surface area contributed by atoms with Crippen molar-refractivity contribution >= 4 is 11.9 Å². The van der Waals surface area contributed by atoms with Crippen molar-refractivity contribution in [2.24, 2.45) is 0 Å². The van der Waals surface area contributed by atoms with Crippen molar-refractivity contribution in [2.45, 2.75) is 31.4 Å². The molecule has 8 nitrogen and oxygen atoms in total. The summed E-state index contributed by atoms with van der Waals surface area (Å²) in [6.07, 6.45) is 10.5. The molecule has 0 spiro atoms. The molecular weight excluding hydrogens is 320 g/mol. The summed E-state index contributed by atoms with van der Waals surface area (Å²) in [6, 6.07) is 1.77. The SMILES string of the molecule is CN(C[C@@]1(O)CCCN(c2ncccn2)C1)C(=O)CCn1ccnc1. The van der Waals surface area contributed by atoms with Crippen LogP contribution in [0, 0.1) is 0 Å². The van der Waals surface area contributed by atoms with Gasteiger partial charge in [-0.15, -0.1) is 0 Å². The standard InChI is InChI=1S/C17H24N6O2/c1-21(15(24)4-10-22-11-8-18-14-22)12-17(25)5-2-9-23(13-17)16-19-6-3-7-20-16/h3,6-8,11,14,25H,2,4-5,9-10,12-13H2,1H3/t17-/m0/s1. The van der Waals surface area contributed by atoms with Gasteiger partial charge in [-0.3, -0.25) is 4.79 Å². The van der Waals surface area contributed by atoms with E-state index in [0.29, 0.717) is 38.4 Å². The molecule has 25 heavy (non-hydrogen) atoms. The Bertz CT molecular complexity index is 678. The topological polar surface area (TPSA) is 87.4 Å². The zero-order chi connectivity index (χ0) is 17.7. The van der Waals surface area contributed by atoms with Crippen molar-refractivity contribution in [3.05, 3.63) is 37.2 Å². The highest BCUT2D eigenvalue weighted by Gasteiger charge is 2.36. The third-order valence-electron chi connectivity index (χ3n) is 4.49. The fraction of sp³-hybridized carbons (Fsp3) is 0.529. The molecule has 1 aliphatic rings. The number of β-amino-alcohol motifs (C(OH)–C–C–N with tert-alkyl or cyclic N) is 1. The van der Waals surface area contributed by atoms with E-state index in [1.165, 1.54) is 0 Å². The number of rotatable bonds is 6. The number of likely N-dealkylation sites (N-methyl/N-ethyl adjacent to an activating group) is 1. The second-order valence-electron chi connectivity index (χ2n) is 6.60. The Morgan fingerprint density at radius 2 is 2.16 bits per heavy atom. The molecule has 0 aromatic carbocycles. The number of aryl methyl sites for hydroxylation is 1. The summed E-state index contributed by atoms with van der Waals surface area (Å²) in [4.78, 5) is 28.4. The van der Waals surface area contributed by atoms with Crippen molar-refractivity contribution in [1.29, 1.82) is 0 Å². The first-order valence-corrected chi connectivity index (χ1v) is 8.50. The predicted molar refractivity (Wildman–Crippen MR) is 92.9 cm³/mol. The van der Waals surface area contributed by atoms with Crippen LogP contribution in [-0.2, 0) is 11.3 Å². The zero-order valence-corrected chi connectivity index (χ0v) is 14.5. The van der Waals surface area contributed by atoms with Crippen LogP contribution < -0.4 is 4.90 Å². The maximum Gasteiger partial charge on any atom is 0.225 e. The van der Waals surface area contributed by atoms with E-state index >= 15 is 0 Å². The van der Waals surface area contributed by atoms with E-state index in [1.54, 1.807) is 42.9 Å². The van der Waals surface area contributed by atoms with Crippen LogP contribution in [0.2, 0.25) is 0 Å². The van der Waals surface area contributed by atoms with Crippen LogP contribution in [0.3, 0.4) is 0 Å². The molecule has 1 saturated heterocycles. The van der Waals surface area contributed by atoms with Crippen LogP contribution in [0.4, 0.5) is 5.95 Å². The van der Waals surface area contributed by atoms with Gasteiger partial charge in [0.05, 0.1) is 25.0 Å². The Balaban J connectivity index is 1.55. The van der Waals surface area contributed by atoms with E-state index in [4.69, 9.17) is 0 Å².